The molecule has 2 aromatic rings. The van der Waals surface area contributed by atoms with Crippen LogP contribution in [0.5, 0.6) is 17.2 Å². The number of phenols is 2. The Kier molecular flexibility index (Phi) is 16.2. The minimum Gasteiger partial charge on any atom is -0.508 e. The van der Waals surface area contributed by atoms with Crippen molar-refractivity contribution in [2.24, 2.45) is 0 Å². The van der Waals surface area contributed by atoms with E-state index in [1.165, 1.54) is 76.3 Å². The van der Waals surface area contributed by atoms with Crippen molar-refractivity contribution in [1.29, 1.82) is 0 Å². The predicted molar refractivity (Wildman–Crippen MR) is 174 cm³/mol. The summed E-state index contributed by atoms with van der Waals surface area (Å²) in [4.78, 5) is 12.3. The third kappa shape index (κ3) is 13.4. The van der Waals surface area contributed by atoms with Gasteiger partial charge in [-0.05, 0) is 41.8 Å². The lowest BCUT2D eigenvalue weighted by Gasteiger charge is -2.39. The van der Waals surface area contributed by atoms with Gasteiger partial charge in [-0.2, -0.15) is 0 Å². The van der Waals surface area contributed by atoms with Crippen LogP contribution in [0.15, 0.2) is 42.5 Å². The number of rotatable bonds is 20. The molecule has 0 bridgehead atoms. The van der Waals surface area contributed by atoms with Crippen LogP contribution >= 0.6 is 0 Å². The summed E-state index contributed by atoms with van der Waals surface area (Å²) in [6, 6.07) is 11.0. The van der Waals surface area contributed by atoms with Crippen LogP contribution in [0.2, 0.25) is 0 Å². The molecule has 45 heavy (non-hydrogen) atoms. The second-order valence-electron chi connectivity index (χ2n) is 12.0. The molecule has 1 fully saturated rings. The van der Waals surface area contributed by atoms with Gasteiger partial charge in [0, 0.05) is 12.5 Å². The minimum atomic E-state index is -1.60. The number of hydrogen-bond donors (Lipinski definition) is 5. The van der Waals surface area contributed by atoms with E-state index < -0.39 is 36.7 Å². The highest BCUT2D eigenvalue weighted by Crippen LogP contribution is 2.29. The number of ether oxygens (including phenoxy) is 3. The Labute approximate surface area is 267 Å². The Morgan fingerprint density at radius 1 is 0.711 bits per heavy atom. The first-order valence-corrected chi connectivity index (χ1v) is 16.6. The molecule has 2 aromatic carbocycles. The van der Waals surface area contributed by atoms with Gasteiger partial charge in [-0.15, -0.1) is 0 Å². The summed E-state index contributed by atoms with van der Waals surface area (Å²) in [6.07, 6.45) is 12.4. The third-order valence-electron chi connectivity index (χ3n) is 8.09. The molecule has 3 rings (SSSR count). The lowest BCUT2D eigenvalue weighted by atomic mass is 9.99. The maximum absolute atomic E-state index is 12.3. The standard InChI is InChI=1S/C36H52O9/c1-2-3-4-5-6-7-8-9-10-11-12-13-14-15-32(39)43-25-31-33(40)34(41)35(42)36(45-31)44-30-23-27(22-29(38)24-30)17-16-26-18-20-28(37)21-19-26/h16-24,31,33-38,40-42H,2-15,25H2,1H3/b17-16+/t31-,33-,34+,35-,36-/m1/s1. The molecule has 5 N–H and O–H groups in total. The van der Waals surface area contributed by atoms with E-state index in [4.69, 9.17) is 14.2 Å². The molecule has 1 aliphatic heterocycles. The van der Waals surface area contributed by atoms with E-state index in [2.05, 4.69) is 6.92 Å². The average molecular weight is 629 g/mol. The fourth-order valence-electron chi connectivity index (χ4n) is 5.37. The maximum Gasteiger partial charge on any atom is 0.305 e. The molecule has 0 unspecified atom stereocenters. The van der Waals surface area contributed by atoms with Crippen molar-refractivity contribution < 1.29 is 44.5 Å². The normalized spacial score (nSPS) is 21.6. The molecule has 0 aromatic heterocycles. The number of unbranched alkanes of at least 4 members (excludes halogenated alkanes) is 12. The molecule has 5 atom stereocenters. The van der Waals surface area contributed by atoms with E-state index in [0.29, 0.717) is 5.56 Å². The zero-order chi connectivity index (χ0) is 32.4. The van der Waals surface area contributed by atoms with Crippen molar-refractivity contribution in [3.8, 4) is 17.2 Å². The monoisotopic (exact) mass is 628 g/mol. The first kappa shape index (κ1) is 36.4. The van der Waals surface area contributed by atoms with E-state index in [1.54, 1.807) is 42.5 Å². The summed E-state index contributed by atoms with van der Waals surface area (Å²) in [6.45, 7) is 1.94. The van der Waals surface area contributed by atoms with Crippen LogP contribution in [0, 0.1) is 0 Å². The number of esters is 1. The van der Waals surface area contributed by atoms with Crippen molar-refractivity contribution in [2.75, 3.05) is 6.61 Å². The molecule has 1 aliphatic rings. The highest BCUT2D eigenvalue weighted by Gasteiger charge is 2.45. The van der Waals surface area contributed by atoms with Gasteiger partial charge in [0.25, 0.3) is 0 Å². The average Bonchev–Trinajstić information content (AvgIpc) is 3.02. The van der Waals surface area contributed by atoms with Crippen LogP contribution in [0.25, 0.3) is 12.2 Å². The van der Waals surface area contributed by atoms with Crippen LogP contribution in [0.1, 0.15) is 108 Å². The van der Waals surface area contributed by atoms with Crippen molar-refractivity contribution in [2.45, 2.75) is 128 Å². The van der Waals surface area contributed by atoms with E-state index >= 15 is 0 Å². The van der Waals surface area contributed by atoms with E-state index in [-0.39, 0.29) is 30.3 Å². The molecule has 0 spiro atoms. The molecule has 0 aliphatic carbocycles. The van der Waals surface area contributed by atoms with E-state index in [0.717, 1.165) is 24.8 Å². The Hall–Kier alpha value is -3.11. The molecule has 0 amide bonds. The number of phenolic OH excluding ortho intramolecular Hbond substituents is 2. The number of carbonyl (C=O) groups is 1. The molecule has 9 nitrogen and oxygen atoms in total. The summed E-state index contributed by atoms with van der Waals surface area (Å²) in [5.74, 6) is -0.194. The molecule has 0 radical (unpaired) electrons. The molecular weight excluding hydrogens is 576 g/mol. The van der Waals surface area contributed by atoms with Crippen LogP contribution in [0.4, 0.5) is 0 Å². The Balaban J connectivity index is 1.38. The number of aliphatic hydroxyl groups is 3. The second kappa shape index (κ2) is 20.1. The van der Waals surface area contributed by atoms with Gasteiger partial charge in [0.1, 0.15) is 48.3 Å². The number of benzene rings is 2. The van der Waals surface area contributed by atoms with Crippen molar-refractivity contribution in [3.05, 3.63) is 53.6 Å². The summed E-state index contributed by atoms with van der Waals surface area (Å²) < 4.78 is 16.8. The lowest BCUT2D eigenvalue weighted by molar-refractivity contribution is -0.278. The SMILES string of the molecule is CCCCCCCCCCCCCCCC(=O)OC[C@H]1O[C@@H](Oc2cc(O)cc(/C=C/c3ccc(O)cc3)c2)[C@H](O)[C@@H](O)[C@@H]1O. The second-order valence-corrected chi connectivity index (χ2v) is 12.0. The topological polar surface area (TPSA) is 146 Å². The van der Waals surface area contributed by atoms with Gasteiger partial charge in [0.2, 0.25) is 6.29 Å². The van der Waals surface area contributed by atoms with Crippen LogP contribution in [-0.4, -0.2) is 68.8 Å². The molecule has 1 heterocycles. The first-order chi connectivity index (χ1) is 21.8. The zero-order valence-electron chi connectivity index (χ0n) is 26.6. The Morgan fingerprint density at radius 2 is 1.29 bits per heavy atom. The summed E-state index contributed by atoms with van der Waals surface area (Å²) in [5.41, 5.74) is 1.41. The molecular formula is C36H52O9. The summed E-state index contributed by atoms with van der Waals surface area (Å²) in [5, 5.41) is 51.0. The molecule has 9 heteroatoms. The summed E-state index contributed by atoms with van der Waals surface area (Å²) in [7, 11) is 0. The summed E-state index contributed by atoms with van der Waals surface area (Å²) >= 11 is 0. The maximum atomic E-state index is 12.3. The molecule has 250 valence electrons. The Bertz CT molecular complexity index is 1150. The van der Waals surface area contributed by atoms with Gasteiger partial charge in [0.15, 0.2) is 0 Å². The lowest BCUT2D eigenvalue weighted by Crippen LogP contribution is -2.60. The van der Waals surface area contributed by atoms with Gasteiger partial charge < -0.3 is 39.7 Å². The van der Waals surface area contributed by atoms with Gasteiger partial charge in [-0.3, -0.25) is 4.79 Å². The van der Waals surface area contributed by atoms with Crippen LogP contribution in [-0.2, 0) is 14.3 Å². The van der Waals surface area contributed by atoms with Gasteiger partial charge in [0.05, 0.1) is 0 Å². The first-order valence-electron chi connectivity index (χ1n) is 16.6. The fraction of sp³-hybridized carbons (Fsp3) is 0.583. The van der Waals surface area contributed by atoms with Crippen LogP contribution in [0.3, 0.4) is 0 Å². The fourth-order valence-corrected chi connectivity index (χ4v) is 5.37. The number of aliphatic hydroxyl groups excluding tert-OH is 3. The zero-order valence-corrected chi connectivity index (χ0v) is 26.6. The van der Waals surface area contributed by atoms with Gasteiger partial charge >= 0.3 is 5.97 Å². The van der Waals surface area contributed by atoms with Gasteiger partial charge in [-0.25, -0.2) is 0 Å². The van der Waals surface area contributed by atoms with Gasteiger partial charge in [-0.1, -0.05) is 108 Å². The highest BCUT2D eigenvalue weighted by molar-refractivity contribution is 5.71. The van der Waals surface area contributed by atoms with Crippen molar-refractivity contribution in [3.63, 3.8) is 0 Å². The van der Waals surface area contributed by atoms with E-state index in [1.807, 2.05) is 0 Å². The molecule has 0 saturated carbocycles. The number of carbonyl (C=O) groups excluding carboxylic acids is 1. The Morgan fingerprint density at radius 3 is 1.91 bits per heavy atom. The molecule has 1 saturated heterocycles. The quantitative estimate of drug-likeness (QED) is 0.0632. The van der Waals surface area contributed by atoms with Crippen LogP contribution < -0.4 is 4.74 Å². The number of aromatic hydroxyl groups is 2. The number of hydrogen-bond acceptors (Lipinski definition) is 9. The largest absolute Gasteiger partial charge is 0.508 e. The third-order valence-corrected chi connectivity index (χ3v) is 8.09. The predicted octanol–water partition coefficient (Wildman–Crippen LogP) is 6.48. The van der Waals surface area contributed by atoms with E-state index in [9.17, 15) is 30.3 Å². The smallest absolute Gasteiger partial charge is 0.305 e. The van der Waals surface area contributed by atoms with Crippen molar-refractivity contribution >= 4 is 18.1 Å². The highest BCUT2D eigenvalue weighted by atomic mass is 16.7. The van der Waals surface area contributed by atoms with Crippen molar-refractivity contribution in [1.82, 2.24) is 0 Å². The minimum absolute atomic E-state index is 0.0950.